The lowest BCUT2D eigenvalue weighted by atomic mass is 9.92. The molecule has 0 aliphatic heterocycles. The van der Waals surface area contributed by atoms with Crippen LogP contribution >= 0.6 is 0 Å². The highest BCUT2D eigenvalue weighted by atomic mass is 16.6. The van der Waals surface area contributed by atoms with Crippen LogP contribution in [-0.2, 0) is 20.7 Å². The topological polar surface area (TPSA) is 78.6 Å². The molecule has 2 unspecified atom stereocenters. The second-order valence-corrected chi connectivity index (χ2v) is 9.81. The highest BCUT2D eigenvalue weighted by molar-refractivity contribution is 5.69. The van der Waals surface area contributed by atoms with E-state index in [1.54, 1.807) is 20.8 Å². The Morgan fingerprint density at radius 3 is 1.91 bits per heavy atom. The Balaban J connectivity index is 0. The van der Waals surface area contributed by atoms with Crippen molar-refractivity contribution in [2.45, 2.75) is 113 Å². The lowest BCUT2D eigenvalue weighted by Crippen LogP contribution is -2.27. The van der Waals surface area contributed by atoms with E-state index in [2.05, 4.69) is 62.8 Å². The van der Waals surface area contributed by atoms with Crippen LogP contribution in [0.1, 0.15) is 100.0 Å². The molecule has 1 aromatic carbocycles. The fourth-order valence-electron chi connectivity index (χ4n) is 2.86. The molecule has 0 fully saturated rings. The van der Waals surface area contributed by atoms with Crippen molar-refractivity contribution in [3.8, 4) is 0 Å². The average molecular weight is 452 g/mol. The number of ether oxygens (including phenoxy) is 2. The molecule has 1 amide bonds. The van der Waals surface area contributed by atoms with Gasteiger partial charge in [0.05, 0.1) is 6.10 Å². The van der Waals surface area contributed by atoms with Crippen LogP contribution in [-0.4, -0.2) is 23.8 Å². The molecular formula is C27H49NO4. The number of carbonyl (C=O) groups is 2. The van der Waals surface area contributed by atoms with Gasteiger partial charge in [0, 0.05) is 6.42 Å². The Bertz CT molecular complexity index is 591. The third-order valence-corrected chi connectivity index (χ3v) is 4.19. The SMILES string of the molecule is CC(C)(C)OC(N)=O.CC(C)C.CCC(=O)OC(C)CC(CC)CCCc1ccccc1. The van der Waals surface area contributed by atoms with Gasteiger partial charge in [-0.15, -0.1) is 0 Å². The van der Waals surface area contributed by atoms with Crippen LogP contribution in [0.2, 0.25) is 0 Å². The van der Waals surface area contributed by atoms with E-state index in [0.29, 0.717) is 12.3 Å². The predicted octanol–water partition coefficient (Wildman–Crippen LogP) is 7.31. The molecule has 2 N–H and O–H groups in total. The summed E-state index contributed by atoms with van der Waals surface area (Å²) in [7, 11) is 0. The van der Waals surface area contributed by atoms with Crippen molar-refractivity contribution in [2.75, 3.05) is 0 Å². The molecule has 1 rings (SSSR count). The summed E-state index contributed by atoms with van der Waals surface area (Å²) in [6, 6.07) is 10.6. The summed E-state index contributed by atoms with van der Waals surface area (Å²) in [4.78, 5) is 21.3. The van der Waals surface area contributed by atoms with Gasteiger partial charge in [-0.05, 0) is 64.4 Å². The van der Waals surface area contributed by atoms with Gasteiger partial charge in [-0.25, -0.2) is 4.79 Å². The monoisotopic (exact) mass is 451 g/mol. The minimum Gasteiger partial charge on any atom is -0.463 e. The average Bonchev–Trinajstić information content (AvgIpc) is 2.66. The predicted molar refractivity (Wildman–Crippen MR) is 135 cm³/mol. The van der Waals surface area contributed by atoms with Gasteiger partial charge < -0.3 is 15.2 Å². The number of primary amides is 1. The smallest absolute Gasteiger partial charge is 0.405 e. The molecule has 2 atom stereocenters. The molecule has 0 aliphatic carbocycles. The van der Waals surface area contributed by atoms with Crippen molar-refractivity contribution in [1.29, 1.82) is 0 Å². The zero-order chi connectivity index (χ0) is 25.2. The Hall–Kier alpha value is -2.04. The molecule has 186 valence electrons. The Morgan fingerprint density at radius 1 is 1.00 bits per heavy atom. The van der Waals surface area contributed by atoms with Gasteiger partial charge in [0.25, 0.3) is 0 Å². The number of carbonyl (C=O) groups excluding carboxylic acids is 2. The zero-order valence-electron chi connectivity index (χ0n) is 22.1. The third kappa shape index (κ3) is 24.2. The summed E-state index contributed by atoms with van der Waals surface area (Å²) in [5.41, 5.74) is 5.67. The molecule has 0 saturated heterocycles. The van der Waals surface area contributed by atoms with Crippen molar-refractivity contribution in [3.05, 3.63) is 35.9 Å². The lowest BCUT2D eigenvalue weighted by Gasteiger charge is -2.20. The number of hydrogen-bond donors (Lipinski definition) is 1. The number of hydrogen-bond acceptors (Lipinski definition) is 4. The van der Waals surface area contributed by atoms with Crippen molar-refractivity contribution < 1.29 is 19.1 Å². The Morgan fingerprint density at radius 2 is 1.53 bits per heavy atom. The Labute approximate surface area is 197 Å². The summed E-state index contributed by atoms with van der Waals surface area (Å²) >= 11 is 0. The molecule has 0 saturated carbocycles. The molecule has 0 aromatic heterocycles. The normalized spacial score (nSPS) is 12.4. The first kappa shape index (κ1) is 32.1. The molecule has 0 heterocycles. The highest BCUT2D eigenvalue weighted by Crippen LogP contribution is 2.20. The standard InChI is InChI=1S/C18H28O2.C5H11NO2.C4H10/c1-4-16(14-15(3)20-18(19)5-2)12-9-13-17-10-7-6-8-11-17;1-5(2,3)8-4(6)7;1-4(2)3/h6-8,10-11,15-16H,4-5,9,12-14H2,1-3H3;1-3H3,(H2,6,7);4H,1-3H3. The summed E-state index contributed by atoms with van der Waals surface area (Å²) in [5, 5.41) is 0. The molecule has 5 heteroatoms. The van der Waals surface area contributed by atoms with Crippen LogP contribution in [0.4, 0.5) is 4.79 Å². The largest absolute Gasteiger partial charge is 0.463 e. The van der Waals surface area contributed by atoms with Crippen LogP contribution in [0.25, 0.3) is 0 Å². The van der Waals surface area contributed by atoms with Gasteiger partial charge in [0.15, 0.2) is 0 Å². The van der Waals surface area contributed by atoms with Crippen LogP contribution in [0.15, 0.2) is 30.3 Å². The maximum Gasteiger partial charge on any atom is 0.405 e. The summed E-state index contributed by atoms with van der Waals surface area (Å²) in [5.74, 6) is 1.40. The maximum absolute atomic E-state index is 11.3. The number of benzene rings is 1. The minimum atomic E-state index is -0.725. The molecule has 32 heavy (non-hydrogen) atoms. The number of esters is 1. The number of amides is 1. The van der Waals surface area contributed by atoms with Gasteiger partial charge in [0.1, 0.15) is 5.60 Å². The third-order valence-electron chi connectivity index (χ3n) is 4.19. The van der Waals surface area contributed by atoms with E-state index in [0.717, 1.165) is 25.2 Å². The van der Waals surface area contributed by atoms with Crippen LogP contribution in [0.3, 0.4) is 0 Å². The van der Waals surface area contributed by atoms with Crippen molar-refractivity contribution in [2.24, 2.45) is 17.6 Å². The summed E-state index contributed by atoms with van der Waals surface area (Å²) in [6.45, 7) is 17.9. The lowest BCUT2D eigenvalue weighted by molar-refractivity contribution is -0.148. The van der Waals surface area contributed by atoms with E-state index < -0.39 is 11.7 Å². The van der Waals surface area contributed by atoms with Crippen LogP contribution in [0.5, 0.6) is 0 Å². The van der Waals surface area contributed by atoms with Crippen molar-refractivity contribution in [1.82, 2.24) is 0 Å². The van der Waals surface area contributed by atoms with E-state index in [4.69, 9.17) is 10.5 Å². The number of rotatable bonds is 9. The molecule has 0 bridgehead atoms. The zero-order valence-corrected chi connectivity index (χ0v) is 22.1. The first-order valence-corrected chi connectivity index (χ1v) is 12.0. The van der Waals surface area contributed by atoms with Gasteiger partial charge in [-0.3, -0.25) is 4.79 Å². The van der Waals surface area contributed by atoms with Gasteiger partial charge >= 0.3 is 12.1 Å². The second-order valence-electron chi connectivity index (χ2n) is 9.81. The quantitative estimate of drug-likeness (QED) is 0.399. The molecule has 0 radical (unpaired) electrons. The maximum atomic E-state index is 11.3. The van der Waals surface area contributed by atoms with Crippen molar-refractivity contribution in [3.63, 3.8) is 0 Å². The molecule has 0 spiro atoms. The van der Waals surface area contributed by atoms with Crippen LogP contribution in [0, 0.1) is 11.8 Å². The van der Waals surface area contributed by atoms with E-state index in [1.165, 1.54) is 18.4 Å². The van der Waals surface area contributed by atoms with Gasteiger partial charge in [0.2, 0.25) is 0 Å². The molecule has 5 nitrogen and oxygen atoms in total. The van der Waals surface area contributed by atoms with E-state index in [9.17, 15) is 9.59 Å². The van der Waals surface area contributed by atoms with Crippen molar-refractivity contribution >= 4 is 12.1 Å². The Kier molecular flexibility index (Phi) is 18.6. The van der Waals surface area contributed by atoms with E-state index >= 15 is 0 Å². The second kappa shape index (κ2) is 18.5. The first-order valence-electron chi connectivity index (χ1n) is 12.0. The van der Waals surface area contributed by atoms with Gasteiger partial charge in [-0.2, -0.15) is 0 Å². The fraction of sp³-hybridized carbons (Fsp3) is 0.704. The molecule has 1 aromatic rings. The van der Waals surface area contributed by atoms with E-state index in [1.807, 2.05) is 13.8 Å². The first-order chi connectivity index (χ1) is 14.8. The van der Waals surface area contributed by atoms with Gasteiger partial charge in [-0.1, -0.05) is 77.8 Å². The number of aryl methyl sites for hydroxylation is 1. The van der Waals surface area contributed by atoms with E-state index in [-0.39, 0.29) is 12.1 Å². The summed E-state index contributed by atoms with van der Waals surface area (Å²) < 4.78 is 9.93. The highest BCUT2D eigenvalue weighted by Gasteiger charge is 2.14. The number of nitrogens with two attached hydrogens (primary N) is 1. The molecular weight excluding hydrogens is 402 g/mol. The fourth-order valence-corrected chi connectivity index (χ4v) is 2.86. The van der Waals surface area contributed by atoms with Crippen LogP contribution < -0.4 is 5.73 Å². The minimum absolute atomic E-state index is 0.0455. The molecule has 0 aliphatic rings. The summed E-state index contributed by atoms with van der Waals surface area (Å²) in [6.07, 6.45) is 5.48.